The molecule has 0 bridgehead atoms. The normalized spacial score (nSPS) is 19.4. The van der Waals surface area contributed by atoms with E-state index < -0.39 is 0 Å². The summed E-state index contributed by atoms with van der Waals surface area (Å²) in [6.45, 7) is 6.49. The van der Waals surface area contributed by atoms with Gasteiger partial charge in [-0.05, 0) is 51.9 Å². The third-order valence-corrected chi connectivity index (χ3v) is 3.67. The van der Waals surface area contributed by atoms with Gasteiger partial charge >= 0.3 is 0 Å². The van der Waals surface area contributed by atoms with Gasteiger partial charge in [-0.2, -0.15) is 4.98 Å². The van der Waals surface area contributed by atoms with Crippen molar-refractivity contribution in [3.05, 3.63) is 12.3 Å². The van der Waals surface area contributed by atoms with Crippen LogP contribution in [-0.4, -0.2) is 55.1 Å². The minimum atomic E-state index is 0.740. The number of nitrogens with zero attached hydrogens (tertiary/aromatic N) is 4. The van der Waals surface area contributed by atoms with Gasteiger partial charge in [0.15, 0.2) is 0 Å². The van der Waals surface area contributed by atoms with Gasteiger partial charge in [0.2, 0.25) is 5.95 Å². The third-order valence-electron chi connectivity index (χ3n) is 3.67. The lowest BCUT2D eigenvalue weighted by molar-refractivity contribution is 0.405. The predicted molar refractivity (Wildman–Crippen MR) is 84.3 cm³/mol. The molecule has 2 heterocycles. The van der Waals surface area contributed by atoms with Crippen molar-refractivity contribution in [2.75, 3.05) is 50.5 Å². The molecule has 2 rings (SSSR count). The Hall–Kier alpha value is -1.36. The minimum absolute atomic E-state index is 0.740. The average Bonchev–Trinajstić information content (AvgIpc) is 2.44. The van der Waals surface area contributed by atoms with Crippen molar-refractivity contribution >= 4 is 11.8 Å². The van der Waals surface area contributed by atoms with Gasteiger partial charge < -0.3 is 15.1 Å². The van der Waals surface area contributed by atoms with Gasteiger partial charge in [0.1, 0.15) is 5.82 Å². The summed E-state index contributed by atoms with van der Waals surface area (Å²) in [5.74, 6) is 2.55. The van der Waals surface area contributed by atoms with Crippen molar-refractivity contribution in [1.82, 2.24) is 14.9 Å². The maximum atomic E-state index is 4.64. The van der Waals surface area contributed by atoms with Crippen LogP contribution in [0.3, 0.4) is 0 Å². The van der Waals surface area contributed by atoms with Gasteiger partial charge in [0, 0.05) is 25.8 Å². The van der Waals surface area contributed by atoms with E-state index >= 15 is 0 Å². The van der Waals surface area contributed by atoms with Crippen molar-refractivity contribution in [2.24, 2.45) is 5.92 Å². The smallest absolute Gasteiger partial charge is 0.227 e. The summed E-state index contributed by atoms with van der Waals surface area (Å²) in [6.07, 6.45) is 5.53. The Balaban J connectivity index is 1.87. The summed E-state index contributed by atoms with van der Waals surface area (Å²) in [4.78, 5) is 13.6. The highest BCUT2D eigenvalue weighted by Gasteiger charge is 2.18. The van der Waals surface area contributed by atoms with Crippen molar-refractivity contribution in [2.45, 2.75) is 26.2 Å². The van der Waals surface area contributed by atoms with Gasteiger partial charge in [-0.15, -0.1) is 0 Å². The molecule has 1 aliphatic heterocycles. The molecule has 1 aliphatic rings. The van der Waals surface area contributed by atoms with Crippen LogP contribution in [-0.2, 0) is 0 Å². The van der Waals surface area contributed by atoms with Crippen LogP contribution >= 0.6 is 0 Å². The summed E-state index contributed by atoms with van der Waals surface area (Å²) >= 11 is 0. The predicted octanol–water partition coefficient (Wildman–Crippen LogP) is 2.08. The topological polar surface area (TPSA) is 44.3 Å². The molecule has 1 aromatic heterocycles. The molecule has 1 saturated heterocycles. The Morgan fingerprint density at radius 2 is 2.30 bits per heavy atom. The molecule has 1 N–H and O–H groups in total. The van der Waals surface area contributed by atoms with E-state index in [1.807, 2.05) is 12.3 Å². The van der Waals surface area contributed by atoms with Crippen molar-refractivity contribution < 1.29 is 0 Å². The molecule has 20 heavy (non-hydrogen) atoms. The Morgan fingerprint density at radius 3 is 3.05 bits per heavy atom. The quantitative estimate of drug-likeness (QED) is 0.807. The van der Waals surface area contributed by atoms with Crippen molar-refractivity contribution in [3.63, 3.8) is 0 Å². The van der Waals surface area contributed by atoms with Gasteiger partial charge in [0.05, 0.1) is 0 Å². The number of piperidine rings is 1. The summed E-state index contributed by atoms with van der Waals surface area (Å²) < 4.78 is 0. The maximum absolute atomic E-state index is 4.64. The molecule has 0 aliphatic carbocycles. The fraction of sp³-hybridized carbons (Fsp3) is 0.733. The molecule has 1 unspecified atom stereocenters. The van der Waals surface area contributed by atoms with Crippen LogP contribution in [0, 0.1) is 5.92 Å². The number of hydrogen-bond donors (Lipinski definition) is 1. The molecule has 0 amide bonds. The number of anilines is 2. The highest BCUT2D eigenvalue weighted by molar-refractivity contribution is 5.41. The van der Waals surface area contributed by atoms with Crippen LogP contribution in [0.25, 0.3) is 0 Å². The molecule has 112 valence electrons. The van der Waals surface area contributed by atoms with Gasteiger partial charge in [-0.3, -0.25) is 0 Å². The van der Waals surface area contributed by atoms with Crippen LogP contribution in [0.2, 0.25) is 0 Å². The van der Waals surface area contributed by atoms with E-state index in [9.17, 15) is 0 Å². The first kappa shape index (κ1) is 15.0. The zero-order valence-electron chi connectivity index (χ0n) is 13.0. The lowest BCUT2D eigenvalue weighted by Gasteiger charge is -2.30. The Bertz CT molecular complexity index is 407. The van der Waals surface area contributed by atoms with E-state index in [-0.39, 0.29) is 0 Å². The Kier molecular flexibility index (Phi) is 5.59. The molecule has 0 saturated carbocycles. The van der Waals surface area contributed by atoms with Gasteiger partial charge in [-0.1, -0.05) is 6.92 Å². The number of aromatic nitrogens is 2. The fourth-order valence-corrected chi connectivity index (χ4v) is 2.58. The third kappa shape index (κ3) is 4.63. The first-order chi connectivity index (χ1) is 9.65. The van der Waals surface area contributed by atoms with Crippen LogP contribution < -0.4 is 10.2 Å². The fourth-order valence-electron chi connectivity index (χ4n) is 2.58. The average molecular weight is 277 g/mol. The molecular formula is C15H27N5. The van der Waals surface area contributed by atoms with Crippen LogP contribution in [0.5, 0.6) is 0 Å². The Morgan fingerprint density at radius 1 is 1.45 bits per heavy atom. The molecular weight excluding hydrogens is 250 g/mol. The van der Waals surface area contributed by atoms with E-state index in [1.165, 1.54) is 12.8 Å². The highest BCUT2D eigenvalue weighted by atomic mass is 15.3. The standard InChI is InChI=1S/C15H27N5/c1-13-6-4-11-20(12-13)15-17-9-7-14(18-15)16-8-5-10-19(2)3/h7,9,13H,4-6,8,10-12H2,1-3H3,(H,16,17,18). The second kappa shape index (κ2) is 7.43. The number of rotatable bonds is 6. The first-order valence-electron chi connectivity index (χ1n) is 7.62. The van der Waals surface area contributed by atoms with E-state index in [2.05, 4.69) is 46.1 Å². The molecule has 5 nitrogen and oxygen atoms in total. The summed E-state index contributed by atoms with van der Waals surface area (Å²) in [5, 5.41) is 3.39. The molecule has 0 aromatic carbocycles. The zero-order valence-corrected chi connectivity index (χ0v) is 13.0. The second-order valence-electron chi connectivity index (χ2n) is 6.02. The minimum Gasteiger partial charge on any atom is -0.370 e. The van der Waals surface area contributed by atoms with E-state index in [0.29, 0.717) is 0 Å². The lowest BCUT2D eigenvalue weighted by Crippen LogP contribution is -2.35. The number of nitrogens with one attached hydrogen (secondary N) is 1. The summed E-state index contributed by atoms with van der Waals surface area (Å²) in [5.41, 5.74) is 0. The van der Waals surface area contributed by atoms with E-state index in [4.69, 9.17) is 0 Å². The zero-order chi connectivity index (χ0) is 14.4. The first-order valence-corrected chi connectivity index (χ1v) is 7.62. The molecule has 0 radical (unpaired) electrons. The van der Waals surface area contributed by atoms with Crippen LogP contribution in [0.4, 0.5) is 11.8 Å². The maximum Gasteiger partial charge on any atom is 0.227 e. The molecule has 5 heteroatoms. The van der Waals surface area contributed by atoms with Crippen LogP contribution in [0.15, 0.2) is 12.3 Å². The largest absolute Gasteiger partial charge is 0.370 e. The SMILES string of the molecule is CC1CCCN(c2nccc(NCCCN(C)C)n2)C1. The Labute approximate surface area is 122 Å². The molecule has 1 aromatic rings. The molecule has 1 fully saturated rings. The molecule has 1 atom stereocenters. The lowest BCUT2D eigenvalue weighted by atomic mass is 10.0. The second-order valence-corrected chi connectivity index (χ2v) is 6.02. The van der Waals surface area contributed by atoms with Crippen LogP contribution in [0.1, 0.15) is 26.2 Å². The monoisotopic (exact) mass is 277 g/mol. The van der Waals surface area contributed by atoms with E-state index in [0.717, 1.165) is 50.3 Å². The van der Waals surface area contributed by atoms with Gasteiger partial charge in [0.25, 0.3) is 0 Å². The summed E-state index contributed by atoms with van der Waals surface area (Å²) in [6, 6.07) is 1.95. The van der Waals surface area contributed by atoms with Crippen molar-refractivity contribution in [3.8, 4) is 0 Å². The number of hydrogen-bond acceptors (Lipinski definition) is 5. The van der Waals surface area contributed by atoms with Gasteiger partial charge in [-0.25, -0.2) is 4.98 Å². The van der Waals surface area contributed by atoms with E-state index in [1.54, 1.807) is 0 Å². The summed E-state index contributed by atoms with van der Waals surface area (Å²) in [7, 11) is 4.20. The van der Waals surface area contributed by atoms with Crippen molar-refractivity contribution in [1.29, 1.82) is 0 Å². The molecule has 0 spiro atoms. The highest BCUT2D eigenvalue weighted by Crippen LogP contribution is 2.20.